The number of likely N-dealkylation sites (N-methyl/N-ethyl adjacent to an activating group) is 1. The summed E-state index contributed by atoms with van der Waals surface area (Å²) < 4.78 is 16.0. The van der Waals surface area contributed by atoms with Crippen LogP contribution in [0.1, 0.15) is 19.4 Å². The molecule has 0 saturated carbocycles. The zero-order chi connectivity index (χ0) is 11.8. The topological polar surface area (TPSA) is 34.8 Å². The third-order valence-electron chi connectivity index (χ3n) is 2.20. The van der Waals surface area contributed by atoms with Crippen LogP contribution in [0, 0.1) is 0 Å². The Labute approximate surface area is 97.1 Å². The van der Waals surface area contributed by atoms with Gasteiger partial charge in [0.05, 0.1) is 12.5 Å². The second-order valence-electron chi connectivity index (χ2n) is 3.67. The Morgan fingerprint density at radius 1 is 1.31 bits per heavy atom. The Morgan fingerprint density at radius 3 is 2.50 bits per heavy atom. The SMILES string of the molecule is CCOC(CN(C)Cc1ccoc1)OCC. The van der Waals surface area contributed by atoms with Crippen molar-refractivity contribution in [1.82, 2.24) is 4.90 Å². The fraction of sp³-hybridized carbons (Fsp3) is 0.667. The molecule has 4 nitrogen and oxygen atoms in total. The molecule has 0 aliphatic rings. The Hall–Kier alpha value is -0.840. The summed E-state index contributed by atoms with van der Waals surface area (Å²) in [6.07, 6.45) is 3.30. The van der Waals surface area contributed by atoms with Crippen LogP contribution in [0.4, 0.5) is 0 Å². The first-order valence-electron chi connectivity index (χ1n) is 5.69. The summed E-state index contributed by atoms with van der Waals surface area (Å²) in [6, 6.07) is 1.97. The maximum atomic E-state index is 5.48. The van der Waals surface area contributed by atoms with Gasteiger partial charge in [0.2, 0.25) is 0 Å². The third kappa shape index (κ3) is 4.79. The van der Waals surface area contributed by atoms with Crippen molar-refractivity contribution in [3.05, 3.63) is 24.2 Å². The second kappa shape index (κ2) is 7.44. The highest BCUT2D eigenvalue weighted by Crippen LogP contribution is 2.05. The number of hydrogen-bond acceptors (Lipinski definition) is 4. The smallest absolute Gasteiger partial charge is 0.170 e. The van der Waals surface area contributed by atoms with Crippen LogP contribution >= 0.6 is 0 Å². The van der Waals surface area contributed by atoms with Gasteiger partial charge >= 0.3 is 0 Å². The predicted molar refractivity (Wildman–Crippen MR) is 62.1 cm³/mol. The average Bonchev–Trinajstić information content (AvgIpc) is 2.71. The molecule has 0 saturated heterocycles. The predicted octanol–water partition coefficient (Wildman–Crippen LogP) is 2.11. The molecule has 0 atom stereocenters. The van der Waals surface area contributed by atoms with Crippen LogP contribution in [0.2, 0.25) is 0 Å². The highest BCUT2D eigenvalue weighted by molar-refractivity contribution is 5.04. The summed E-state index contributed by atoms with van der Waals surface area (Å²) in [7, 11) is 2.04. The van der Waals surface area contributed by atoms with Crippen molar-refractivity contribution in [2.75, 3.05) is 26.8 Å². The molecule has 0 fully saturated rings. The van der Waals surface area contributed by atoms with Gasteiger partial charge in [0.25, 0.3) is 0 Å². The van der Waals surface area contributed by atoms with Gasteiger partial charge in [-0.3, -0.25) is 4.90 Å². The van der Waals surface area contributed by atoms with Crippen molar-refractivity contribution < 1.29 is 13.9 Å². The van der Waals surface area contributed by atoms with E-state index in [2.05, 4.69) is 4.90 Å². The van der Waals surface area contributed by atoms with Crippen LogP contribution in [0.25, 0.3) is 0 Å². The van der Waals surface area contributed by atoms with E-state index in [1.54, 1.807) is 12.5 Å². The number of nitrogens with zero attached hydrogens (tertiary/aromatic N) is 1. The summed E-state index contributed by atoms with van der Waals surface area (Å²) in [5, 5.41) is 0. The van der Waals surface area contributed by atoms with Gasteiger partial charge in [-0.15, -0.1) is 0 Å². The molecule has 0 bridgehead atoms. The molecule has 0 amide bonds. The lowest BCUT2D eigenvalue weighted by atomic mass is 10.3. The number of hydrogen-bond donors (Lipinski definition) is 0. The van der Waals surface area contributed by atoms with Crippen LogP contribution in [-0.2, 0) is 16.0 Å². The molecule has 0 radical (unpaired) electrons. The minimum absolute atomic E-state index is 0.146. The van der Waals surface area contributed by atoms with E-state index in [-0.39, 0.29) is 6.29 Å². The molecular weight excluding hydrogens is 206 g/mol. The fourth-order valence-corrected chi connectivity index (χ4v) is 1.54. The summed E-state index contributed by atoms with van der Waals surface area (Å²) in [4.78, 5) is 2.15. The van der Waals surface area contributed by atoms with Crippen molar-refractivity contribution in [2.24, 2.45) is 0 Å². The van der Waals surface area contributed by atoms with Crippen LogP contribution in [0.15, 0.2) is 23.0 Å². The second-order valence-corrected chi connectivity index (χ2v) is 3.67. The average molecular weight is 227 g/mol. The molecule has 92 valence electrons. The van der Waals surface area contributed by atoms with Gasteiger partial charge in [-0.05, 0) is 27.0 Å². The van der Waals surface area contributed by atoms with E-state index in [0.29, 0.717) is 13.2 Å². The Bertz CT molecular complexity index is 255. The van der Waals surface area contributed by atoms with E-state index in [0.717, 1.165) is 18.7 Å². The van der Waals surface area contributed by atoms with Gasteiger partial charge in [0.15, 0.2) is 6.29 Å². The van der Waals surface area contributed by atoms with Gasteiger partial charge in [-0.2, -0.15) is 0 Å². The summed E-state index contributed by atoms with van der Waals surface area (Å²) in [5.41, 5.74) is 1.16. The van der Waals surface area contributed by atoms with Crippen molar-refractivity contribution in [3.8, 4) is 0 Å². The molecule has 0 aromatic carbocycles. The van der Waals surface area contributed by atoms with E-state index in [9.17, 15) is 0 Å². The van der Waals surface area contributed by atoms with Gasteiger partial charge in [-0.1, -0.05) is 0 Å². The zero-order valence-corrected chi connectivity index (χ0v) is 10.3. The van der Waals surface area contributed by atoms with E-state index >= 15 is 0 Å². The minimum atomic E-state index is -0.146. The lowest BCUT2D eigenvalue weighted by Crippen LogP contribution is -2.32. The molecule has 4 heteroatoms. The zero-order valence-electron chi connectivity index (χ0n) is 10.3. The Morgan fingerprint density at radius 2 is 2.00 bits per heavy atom. The molecule has 1 rings (SSSR count). The highest BCUT2D eigenvalue weighted by atomic mass is 16.7. The number of furan rings is 1. The maximum Gasteiger partial charge on any atom is 0.170 e. The van der Waals surface area contributed by atoms with Crippen molar-refractivity contribution in [3.63, 3.8) is 0 Å². The van der Waals surface area contributed by atoms with Crippen molar-refractivity contribution in [2.45, 2.75) is 26.7 Å². The molecule has 0 aliphatic heterocycles. The van der Waals surface area contributed by atoms with E-state index in [1.165, 1.54) is 0 Å². The molecule has 0 N–H and O–H groups in total. The third-order valence-corrected chi connectivity index (χ3v) is 2.20. The van der Waals surface area contributed by atoms with Crippen LogP contribution in [-0.4, -0.2) is 38.0 Å². The quantitative estimate of drug-likeness (QED) is 0.637. The fourth-order valence-electron chi connectivity index (χ4n) is 1.54. The largest absolute Gasteiger partial charge is 0.472 e. The first-order valence-corrected chi connectivity index (χ1v) is 5.69. The minimum Gasteiger partial charge on any atom is -0.472 e. The lowest BCUT2D eigenvalue weighted by molar-refractivity contribution is -0.145. The summed E-state index contributed by atoms with van der Waals surface area (Å²) in [6.45, 7) is 6.89. The standard InChI is InChI=1S/C12H21NO3/c1-4-15-12(16-5-2)9-13(3)8-11-6-7-14-10-11/h6-7,10,12H,4-5,8-9H2,1-3H3. The van der Waals surface area contributed by atoms with Crippen LogP contribution < -0.4 is 0 Å². The summed E-state index contributed by atoms with van der Waals surface area (Å²) in [5.74, 6) is 0. The highest BCUT2D eigenvalue weighted by Gasteiger charge is 2.11. The van der Waals surface area contributed by atoms with E-state index in [4.69, 9.17) is 13.9 Å². The molecule has 16 heavy (non-hydrogen) atoms. The van der Waals surface area contributed by atoms with E-state index in [1.807, 2.05) is 27.0 Å². The van der Waals surface area contributed by atoms with Crippen molar-refractivity contribution >= 4 is 0 Å². The first kappa shape index (κ1) is 13.2. The molecule has 0 aliphatic carbocycles. The van der Waals surface area contributed by atoms with Crippen LogP contribution in [0.5, 0.6) is 0 Å². The molecular formula is C12H21NO3. The van der Waals surface area contributed by atoms with Gasteiger partial charge < -0.3 is 13.9 Å². The molecule has 1 aromatic rings. The van der Waals surface area contributed by atoms with Crippen molar-refractivity contribution in [1.29, 1.82) is 0 Å². The number of ether oxygens (including phenoxy) is 2. The lowest BCUT2D eigenvalue weighted by Gasteiger charge is -2.23. The Balaban J connectivity index is 2.32. The molecule has 0 unspecified atom stereocenters. The van der Waals surface area contributed by atoms with Gasteiger partial charge in [-0.25, -0.2) is 0 Å². The first-order chi connectivity index (χ1) is 7.76. The van der Waals surface area contributed by atoms with Crippen LogP contribution in [0.3, 0.4) is 0 Å². The molecule has 1 heterocycles. The maximum absolute atomic E-state index is 5.48. The Kier molecular flexibility index (Phi) is 6.15. The molecule has 1 aromatic heterocycles. The summed E-state index contributed by atoms with van der Waals surface area (Å²) >= 11 is 0. The molecule has 0 spiro atoms. The van der Waals surface area contributed by atoms with E-state index < -0.39 is 0 Å². The normalized spacial score (nSPS) is 11.6. The monoisotopic (exact) mass is 227 g/mol. The van der Waals surface area contributed by atoms with Gasteiger partial charge in [0, 0.05) is 31.9 Å². The number of rotatable bonds is 8. The van der Waals surface area contributed by atoms with Gasteiger partial charge in [0.1, 0.15) is 0 Å².